The fourth-order valence-corrected chi connectivity index (χ4v) is 4.09. The van der Waals surface area contributed by atoms with E-state index in [0.717, 1.165) is 0 Å². The molecule has 2 heterocycles. The van der Waals surface area contributed by atoms with Crippen molar-refractivity contribution in [2.24, 2.45) is 0 Å². The molecule has 1 aliphatic heterocycles. The lowest BCUT2D eigenvalue weighted by molar-refractivity contribution is -0.384. The largest absolute Gasteiger partial charge is 0.365 e. The summed E-state index contributed by atoms with van der Waals surface area (Å²) in [5.74, 6) is 0. The van der Waals surface area contributed by atoms with E-state index >= 15 is 0 Å². The Hall–Kier alpha value is -2.91. The molecule has 154 valence electrons. The van der Waals surface area contributed by atoms with Crippen molar-refractivity contribution in [3.05, 3.63) is 84.7 Å². The van der Waals surface area contributed by atoms with Crippen molar-refractivity contribution in [2.45, 2.75) is 0 Å². The summed E-state index contributed by atoms with van der Waals surface area (Å²) in [4.78, 5) is 27.7. The van der Waals surface area contributed by atoms with Crippen molar-refractivity contribution in [3.63, 3.8) is 0 Å². The van der Waals surface area contributed by atoms with E-state index in [1.54, 1.807) is 30.5 Å². The summed E-state index contributed by atoms with van der Waals surface area (Å²) in [5.41, 5.74) is 1.46. The third-order valence-corrected chi connectivity index (χ3v) is 5.85. The van der Waals surface area contributed by atoms with Crippen LogP contribution in [-0.4, -0.2) is 40.9 Å². The molecule has 1 aliphatic rings. The van der Waals surface area contributed by atoms with Crippen molar-refractivity contribution >= 4 is 44.6 Å². The zero-order chi connectivity index (χ0) is 21.3. The van der Waals surface area contributed by atoms with Crippen LogP contribution in [0.3, 0.4) is 0 Å². The van der Waals surface area contributed by atoms with E-state index in [9.17, 15) is 14.9 Å². The summed E-state index contributed by atoms with van der Waals surface area (Å²) >= 11 is 9.68. The third kappa shape index (κ3) is 3.90. The average molecular weight is 491 g/mol. The molecule has 0 amide bonds. The summed E-state index contributed by atoms with van der Waals surface area (Å²) in [7, 11) is 0. The zero-order valence-electron chi connectivity index (χ0n) is 15.7. The lowest BCUT2D eigenvalue weighted by atomic mass is 10.2. The van der Waals surface area contributed by atoms with Crippen molar-refractivity contribution in [1.29, 1.82) is 0 Å². The maximum Gasteiger partial charge on any atom is 0.293 e. The Balaban J connectivity index is 1.55. The quantitative estimate of drug-likeness (QED) is 0.408. The van der Waals surface area contributed by atoms with E-state index in [1.807, 2.05) is 28.0 Å². The molecule has 8 nitrogen and oxygen atoms in total. The number of anilines is 2. The van der Waals surface area contributed by atoms with Crippen LogP contribution in [0.25, 0.3) is 5.69 Å². The molecule has 30 heavy (non-hydrogen) atoms. The van der Waals surface area contributed by atoms with Crippen LogP contribution in [0.5, 0.6) is 0 Å². The number of para-hydroxylation sites is 1. The highest BCUT2D eigenvalue weighted by atomic mass is 79.9. The number of hydrogen-bond donors (Lipinski definition) is 0. The van der Waals surface area contributed by atoms with Gasteiger partial charge in [-0.2, -0.15) is 9.78 Å². The minimum absolute atomic E-state index is 0.0583. The van der Waals surface area contributed by atoms with Crippen LogP contribution in [0.2, 0.25) is 5.02 Å². The standard InChI is InChI=1S/C20H17BrClN5O3/c21-14-6-7-16(17(12-14)27(29)30)24-8-10-25(11-9-24)18-13-23-26(20(28)19(18)22)15-4-2-1-3-5-15/h1-7,12-13H,8-11H2. The van der Waals surface area contributed by atoms with E-state index in [1.165, 1.54) is 10.7 Å². The Kier molecular flexibility index (Phi) is 5.74. The van der Waals surface area contributed by atoms with Crippen molar-refractivity contribution in [3.8, 4) is 5.69 Å². The smallest absolute Gasteiger partial charge is 0.293 e. The molecule has 3 aromatic rings. The number of halogens is 2. The maximum absolute atomic E-state index is 12.7. The van der Waals surface area contributed by atoms with E-state index < -0.39 is 0 Å². The second kappa shape index (κ2) is 8.45. The van der Waals surface area contributed by atoms with E-state index in [0.29, 0.717) is 47.7 Å². The van der Waals surface area contributed by atoms with Gasteiger partial charge in [-0.05, 0) is 24.3 Å². The van der Waals surface area contributed by atoms with Gasteiger partial charge in [0.1, 0.15) is 10.7 Å². The fourth-order valence-electron chi connectivity index (χ4n) is 3.50. The summed E-state index contributed by atoms with van der Waals surface area (Å²) < 4.78 is 1.93. The van der Waals surface area contributed by atoms with Gasteiger partial charge in [0, 0.05) is 36.7 Å². The van der Waals surface area contributed by atoms with Crippen molar-refractivity contribution < 1.29 is 4.92 Å². The van der Waals surface area contributed by atoms with Crippen LogP contribution in [0.1, 0.15) is 0 Å². The highest BCUT2D eigenvalue weighted by Crippen LogP contribution is 2.32. The molecule has 0 aliphatic carbocycles. The van der Waals surface area contributed by atoms with Gasteiger partial charge in [0.25, 0.3) is 11.2 Å². The van der Waals surface area contributed by atoms with E-state index in [-0.39, 0.29) is 21.2 Å². The Labute approximate surface area is 185 Å². The maximum atomic E-state index is 12.7. The molecule has 1 fully saturated rings. The third-order valence-electron chi connectivity index (χ3n) is 5.00. The lowest BCUT2D eigenvalue weighted by Gasteiger charge is -2.37. The minimum Gasteiger partial charge on any atom is -0.365 e. The molecular formula is C20H17BrClN5O3. The Morgan fingerprint density at radius 1 is 1.00 bits per heavy atom. The lowest BCUT2D eigenvalue weighted by Crippen LogP contribution is -2.47. The molecule has 0 N–H and O–H groups in total. The Morgan fingerprint density at radius 2 is 1.63 bits per heavy atom. The van der Waals surface area contributed by atoms with Gasteiger partial charge in [-0.1, -0.05) is 45.7 Å². The van der Waals surface area contributed by atoms with Crippen LogP contribution in [0.15, 0.2) is 64.0 Å². The topological polar surface area (TPSA) is 84.5 Å². The summed E-state index contributed by atoms with van der Waals surface area (Å²) in [6.45, 7) is 2.23. The monoisotopic (exact) mass is 489 g/mol. The van der Waals surface area contributed by atoms with Gasteiger partial charge >= 0.3 is 0 Å². The van der Waals surface area contributed by atoms with Crippen molar-refractivity contribution in [1.82, 2.24) is 9.78 Å². The predicted octanol–water partition coefficient (Wildman–Crippen LogP) is 3.88. The number of rotatable bonds is 4. The molecule has 0 bridgehead atoms. The number of nitro benzene ring substituents is 1. The van der Waals surface area contributed by atoms with Crippen molar-refractivity contribution in [2.75, 3.05) is 36.0 Å². The van der Waals surface area contributed by atoms with E-state index in [4.69, 9.17) is 11.6 Å². The molecule has 1 saturated heterocycles. The van der Waals surface area contributed by atoms with Gasteiger partial charge in [-0.25, -0.2) is 0 Å². The fraction of sp³-hybridized carbons (Fsp3) is 0.200. The number of hydrogen-bond acceptors (Lipinski definition) is 6. The van der Waals surface area contributed by atoms with Gasteiger partial charge in [0.05, 0.1) is 22.5 Å². The van der Waals surface area contributed by atoms with Gasteiger partial charge in [-0.15, -0.1) is 0 Å². The highest BCUT2D eigenvalue weighted by Gasteiger charge is 2.26. The normalized spacial score (nSPS) is 14.1. The van der Waals surface area contributed by atoms with Gasteiger partial charge in [0.2, 0.25) is 0 Å². The first-order chi connectivity index (χ1) is 14.5. The molecule has 1 aromatic heterocycles. The van der Waals surface area contributed by atoms with E-state index in [2.05, 4.69) is 21.0 Å². The first-order valence-corrected chi connectivity index (χ1v) is 10.4. The number of aromatic nitrogens is 2. The zero-order valence-corrected chi connectivity index (χ0v) is 18.1. The first-order valence-electron chi connectivity index (χ1n) is 9.23. The molecule has 0 saturated carbocycles. The summed E-state index contributed by atoms with van der Waals surface area (Å²) in [6, 6.07) is 14.1. The number of piperazine rings is 1. The Bertz CT molecular complexity index is 1150. The molecule has 2 aromatic carbocycles. The van der Waals surface area contributed by atoms with Crippen LogP contribution < -0.4 is 15.4 Å². The molecule has 0 atom stereocenters. The molecular weight excluding hydrogens is 474 g/mol. The molecule has 0 radical (unpaired) electrons. The summed E-state index contributed by atoms with van der Waals surface area (Å²) in [6.07, 6.45) is 1.59. The van der Waals surface area contributed by atoms with Gasteiger partial charge in [0.15, 0.2) is 0 Å². The summed E-state index contributed by atoms with van der Waals surface area (Å²) in [5, 5.41) is 15.8. The molecule has 10 heteroatoms. The van der Waals surface area contributed by atoms with Gasteiger partial charge in [-0.3, -0.25) is 14.9 Å². The number of nitro groups is 1. The SMILES string of the molecule is O=c1c(Cl)c(N2CCN(c3ccc(Br)cc3[N+](=O)[O-])CC2)cnn1-c1ccccc1. The van der Waals surface area contributed by atoms with Crippen LogP contribution >= 0.6 is 27.5 Å². The van der Waals surface area contributed by atoms with Gasteiger partial charge < -0.3 is 9.80 Å². The second-order valence-corrected chi connectivity index (χ2v) is 8.05. The van der Waals surface area contributed by atoms with Crippen LogP contribution in [0.4, 0.5) is 17.1 Å². The predicted molar refractivity (Wildman–Crippen MR) is 120 cm³/mol. The minimum atomic E-state index is -0.383. The first kappa shape index (κ1) is 20.4. The molecule has 0 spiro atoms. The molecule has 0 unspecified atom stereocenters. The highest BCUT2D eigenvalue weighted by molar-refractivity contribution is 9.10. The molecule has 4 rings (SSSR count). The Morgan fingerprint density at radius 3 is 2.27 bits per heavy atom. The average Bonchev–Trinajstić information content (AvgIpc) is 2.76. The van der Waals surface area contributed by atoms with Crippen LogP contribution in [0, 0.1) is 10.1 Å². The number of nitrogens with zero attached hydrogens (tertiary/aromatic N) is 5. The second-order valence-electron chi connectivity index (χ2n) is 6.76. The van der Waals surface area contributed by atoms with Crippen LogP contribution in [-0.2, 0) is 0 Å². The number of benzene rings is 2.